The molecule has 0 saturated carbocycles. The average Bonchev–Trinajstić information content (AvgIpc) is 2.29. The minimum absolute atomic E-state index is 0.302. The number of alkyl halides is 1. The van der Waals surface area contributed by atoms with Crippen LogP contribution in [0, 0.1) is 0 Å². The Morgan fingerprint density at radius 2 is 1.53 bits per heavy atom. The Bertz CT molecular complexity index is 301. The first-order valence-electron chi connectivity index (χ1n) is 6.28. The summed E-state index contributed by atoms with van der Waals surface area (Å²) in [5, 5.41) is 0. The van der Waals surface area contributed by atoms with E-state index in [1.165, 1.54) is 0 Å². The van der Waals surface area contributed by atoms with Crippen LogP contribution in [0.25, 0.3) is 0 Å². The molecule has 0 atom stereocenters. The molecule has 1 heterocycles. The smallest absolute Gasteiger partial charge is 0.151 e. The Hall–Kier alpha value is 0.160. The Balaban J connectivity index is 2.22. The minimum Gasteiger partial charge on any atom is -0.300 e. The molecule has 6 heteroatoms. The highest BCUT2D eigenvalue weighted by molar-refractivity contribution is 7.91. The summed E-state index contributed by atoms with van der Waals surface area (Å²) in [5.41, 5.74) is 0. The summed E-state index contributed by atoms with van der Waals surface area (Å²) in [6, 6.07) is 0. The maximum Gasteiger partial charge on any atom is 0.151 e. The molecule has 1 fully saturated rings. The summed E-state index contributed by atoms with van der Waals surface area (Å²) in [4.78, 5) is 4.56. The van der Waals surface area contributed by atoms with E-state index in [0.29, 0.717) is 30.4 Å². The van der Waals surface area contributed by atoms with Crippen LogP contribution in [0.2, 0.25) is 0 Å². The lowest BCUT2D eigenvalue weighted by molar-refractivity contribution is 0.144. The van der Waals surface area contributed by atoms with Crippen LogP contribution in [0.3, 0.4) is 0 Å². The summed E-state index contributed by atoms with van der Waals surface area (Å²) in [6.45, 7) is 7.43. The zero-order valence-corrected chi connectivity index (χ0v) is 12.1. The number of piperazine rings is 1. The van der Waals surface area contributed by atoms with Gasteiger partial charge in [-0.2, -0.15) is 0 Å². The van der Waals surface area contributed by atoms with E-state index in [-0.39, 0.29) is 0 Å². The summed E-state index contributed by atoms with van der Waals surface area (Å²) in [7, 11) is -2.83. The van der Waals surface area contributed by atoms with E-state index in [4.69, 9.17) is 11.6 Å². The molecule has 1 saturated heterocycles. The first-order valence-corrected chi connectivity index (χ1v) is 8.64. The van der Waals surface area contributed by atoms with Gasteiger partial charge in [0.2, 0.25) is 0 Å². The summed E-state index contributed by atoms with van der Waals surface area (Å²) < 4.78 is 23.2. The van der Waals surface area contributed by atoms with Crippen molar-refractivity contribution in [1.29, 1.82) is 0 Å². The quantitative estimate of drug-likeness (QED) is 0.644. The van der Waals surface area contributed by atoms with Gasteiger partial charge >= 0.3 is 0 Å². The molecule has 0 aromatic rings. The van der Waals surface area contributed by atoms with Gasteiger partial charge in [-0.3, -0.25) is 9.80 Å². The molecule has 0 aliphatic carbocycles. The Morgan fingerprint density at radius 1 is 1.00 bits per heavy atom. The van der Waals surface area contributed by atoms with Gasteiger partial charge in [0.1, 0.15) is 0 Å². The average molecular weight is 283 g/mol. The van der Waals surface area contributed by atoms with Gasteiger partial charge in [0.05, 0.1) is 5.75 Å². The second-order valence-electron chi connectivity index (χ2n) is 4.52. The second kappa shape index (κ2) is 7.56. The fraction of sp³-hybridized carbons (Fsp3) is 1.00. The molecule has 17 heavy (non-hydrogen) atoms. The highest BCUT2D eigenvalue weighted by Crippen LogP contribution is 2.03. The number of nitrogens with zero attached hydrogens (tertiary/aromatic N) is 2. The Morgan fingerprint density at radius 3 is 2.00 bits per heavy atom. The van der Waals surface area contributed by atoms with Crippen LogP contribution in [0.15, 0.2) is 0 Å². The van der Waals surface area contributed by atoms with Gasteiger partial charge in [0.25, 0.3) is 0 Å². The zero-order chi connectivity index (χ0) is 12.7. The molecule has 0 bridgehead atoms. The van der Waals surface area contributed by atoms with E-state index in [1.54, 1.807) is 0 Å². The lowest BCUT2D eigenvalue weighted by atomic mass is 10.3. The Labute approximate surface area is 110 Å². The number of rotatable bonds is 7. The molecule has 0 unspecified atom stereocenters. The van der Waals surface area contributed by atoms with Crippen LogP contribution in [-0.2, 0) is 9.84 Å². The third kappa shape index (κ3) is 6.04. The third-order valence-electron chi connectivity index (χ3n) is 3.10. The fourth-order valence-corrected chi connectivity index (χ4v) is 3.64. The molecule has 102 valence electrons. The summed E-state index contributed by atoms with van der Waals surface area (Å²) in [6.07, 6.45) is 0.714. The van der Waals surface area contributed by atoms with E-state index < -0.39 is 9.84 Å². The standard InChI is InChI=1S/C11H23ClN2O2S/c1-2-10-17(15,16)11-9-14-7-5-13(4-3-12)6-8-14/h2-11H2,1H3. The van der Waals surface area contributed by atoms with Crippen LogP contribution >= 0.6 is 11.6 Å². The van der Waals surface area contributed by atoms with Gasteiger partial charge in [0, 0.05) is 50.9 Å². The fourth-order valence-electron chi connectivity index (χ4n) is 2.04. The lowest BCUT2D eigenvalue weighted by Crippen LogP contribution is -2.48. The molecule has 0 radical (unpaired) electrons. The predicted octanol–water partition coefficient (Wildman–Crippen LogP) is 0.668. The molecule has 0 amide bonds. The molecule has 0 aromatic heterocycles. The molecule has 0 spiro atoms. The Kier molecular flexibility index (Phi) is 6.77. The SMILES string of the molecule is CCCS(=O)(=O)CCN1CCN(CCCl)CC1. The largest absolute Gasteiger partial charge is 0.300 e. The van der Waals surface area contributed by atoms with Gasteiger partial charge in [-0.1, -0.05) is 6.92 Å². The van der Waals surface area contributed by atoms with E-state index in [9.17, 15) is 8.42 Å². The molecular formula is C11H23ClN2O2S. The van der Waals surface area contributed by atoms with Gasteiger partial charge in [-0.05, 0) is 6.42 Å². The normalized spacial score (nSPS) is 19.6. The maximum absolute atomic E-state index is 11.6. The van der Waals surface area contributed by atoms with Crippen molar-refractivity contribution in [2.24, 2.45) is 0 Å². The van der Waals surface area contributed by atoms with Crippen LogP contribution in [0.1, 0.15) is 13.3 Å². The van der Waals surface area contributed by atoms with Crippen molar-refractivity contribution in [1.82, 2.24) is 9.80 Å². The minimum atomic E-state index is -2.83. The van der Waals surface area contributed by atoms with E-state index in [1.807, 2.05) is 6.92 Å². The topological polar surface area (TPSA) is 40.6 Å². The van der Waals surface area contributed by atoms with Crippen molar-refractivity contribution in [3.8, 4) is 0 Å². The molecule has 4 nitrogen and oxygen atoms in total. The first-order chi connectivity index (χ1) is 8.07. The molecule has 1 aliphatic heterocycles. The highest BCUT2D eigenvalue weighted by atomic mass is 35.5. The van der Waals surface area contributed by atoms with Crippen molar-refractivity contribution >= 4 is 21.4 Å². The van der Waals surface area contributed by atoms with Crippen molar-refractivity contribution in [2.75, 3.05) is 56.7 Å². The number of sulfone groups is 1. The van der Waals surface area contributed by atoms with Gasteiger partial charge in [-0.25, -0.2) is 8.42 Å². The van der Waals surface area contributed by atoms with Gasteiger partial charge in [-0.15, -0.1) is 11.6 Å². The van der Waals surface area contributed by atoms with Crippen molar-refractivity contribution in [3.63, 3.8) is 0 Å². The summed E-state index contributed by atoms with van der Waals surface area (Å²) in [5.74, 6) is 1.29. The monoisotopic (exact) mass is 282 g/mol. The molecule has 0 N–H and O–H groups in total. The number of hydrogen-bond donors (Lipinski definition) is 0. The van der Waals surface area contributed by atoms with Crippen LogP contribution in [0.4, 0.5) is 0 Å². The van der Waals surface area contributed by atoms with Crippen molar-refractivity contribution in [2.45, 2.75) is 13.3 Å². The van der Waals surface area contributed by atoms with Crippen molar-refractivity contribution < 1.29 is 8.42 Å². The van der Waals surface area contributed by atoms with Crippen molar-refractivity contribution in [3.05, 3.63) is 0 Å². The number of halogens is 1. The van der Waals surface area contributed by atoms with E-state index in [0.717, 1.165) is 32.7 Å². The van der Waals surface area contributed by atoms with Gasteiger partial charge < -0.3 is 0 Å². The molecule has 1 aliphatic rings. The molecule has 1 rings (SSSR count). The van der Waals surface area contributed by atoms with Crippen LogP contribution < -0.4 is 0 Å². The predicted molar refractivity (Wildman–Crippen MR) is 72.5 cm³/mol. The van der Waals surface area contributed by atoms with Crippen LogP contribution in [-0.4, -0.2) is 74.9 Å². The first kappa shape index (κ1) is 15.2. The van der Waals surface area contributed by atoms with Gasteiger partial charge in [0.15, 0.2) is 9.84 Å². The molecular weight excluding hydrogens is 260 g/mol. The second-order valence-corrected chi connectivity index (χ2v) is 7.21. The third-order valence-corrected chi connectivity index (χ3v) is 5.10. The van der Waals surface area contributed by atoms with E-state index in [2.05, 4.69) is 9.80 Å². The maximum atomic E-state index is 11.6. The van der Waals surface area contributed by atoms with E-state index >= 15 is 0 Å². The number of hydrogen-bond acceptors (Lipinski definition) is 4. The van der Waals surface area contributed by atoms with Crippen LogP contribution in [0.5, 0.6) is 0 Å². The summed E-state index contributed by atoms with van der Waals surface area (Å²) >= 11 is 5.69. The zero-order valence-electron chi connectivity index (χ0n) is 10.6. The molecule has 0 aromatic carbocycles. The highest BCUT2D eigenvalue weighted by Gasteiger charge is 2.18. The lowest BCUT2D eigenvalue weighted by Gasteiger charge is -2.34.